The Morgan fingerprint density at radius 3 is 1.78 bits per heavy atom. The minimum atomic E-state index is -0.533. The average molecular weight is 983 g/mol. The van der Waals surface area contributed by atoms with E-state index in [1.54, 1.807) is 72.5 Å². The predicted molar refractivity (Wildman–Crippen MR) is 254 cm³/mol. The Morgan fingerprint density at radius 1 is 0.627 bits per heavy atom. The Balaban J connectivity index is 0.000000159. The van der Waals surface area contributed by atoms with Gasteiger partial charge in [0.25, 0.3) is 0 Å². The molecule has 6 N–H and O–H groups in total. The highest BCUT2D eigenvalue weighted by Crippen LogP contribution is 2.64. The molecular formula is C47H44Cl2F3N13S2. The van der Waals surface area contributed by atoms with Crippen LogP contribution in [0, 0.1) is 41.1 Å². The van der Waals surface area contributed by atoms with Crippen LogP contribution in [0.4, 0.5) is 30.6 Å². The number of rotatable bonds is 11. The van der Waals surface area contributed by atoms with Gasteiger partial charge >= 0.3 is 0 Å². The van der Waals surface area contributed by atoms with E-state index in [1.807, 2.05) is 18.2 Å². The highest BCUT2D eigenvalue weighted by molar-refractivity contribution is 7.99. The maximum atomic E-state index is 14.6. The van der Waals surface area contributed by atoms with Gasteiger partial charge in [0.2, 0.25) is 0 Å². The lowest BCUT2D eigenvalue weighted by atomic mass is 9.90. The smallest absolute Gasteiger partial charge is 0.173 e. The van der Waals surface area contributed by atoms with E-state index < -0.39 is 17.0 Å². The molecule has 13 nitrogen and oxygen atoms in total. The molecule has 2 saturated carbocycles. The molecule has 2 aliphatic heterocycles. The van der Waals surface area contributed by atoms with Crippen LogP contribution in [-0.2, 0) is 10.8 Å². The molecule has 2 saturated heterocycles. The fourth-order valence-electron chi connectivity index (χ4n) is 10.5. The normalized spacial score (nSPS) is 23.7. The number of piperidine rings is 2. The fourth-order valence-corrected chi connectivity index (χ4v) is 12.6. The predicted octanol–water partition coefficient (Wildman–Crippen LogP) is 8.24. The number of halogens is 5. The van der Waals surface area contributed by atoms with E-state index in [4.69, 9.17) is 40.4 Å². The zero-order valence-electron chi connectivity index (χ0n) is 35.8. The topological polar surface area (TPSA) is 180 Å². The van der Waals surface area contributed by atoms with Gasteiger partial charge in [-0.15, -0.1) is 0 Å². The summed E-state index contributed by atoms with van der Waals surface area (Å²) in [4.78, 5) is 32.6. The maximum absolute atomic E-state index is 14.6. The molecule has 6 atom stereocenters. The van der Waals surface area contributed by atoms with Crippen molar-refractivity contribution in [3.63, 3.8) is 0 Å². The summed E-state index contributed by atoms with van der Waals surface area (Å²) < 4.78 is 44.7. The summed E-state index contributed by atoms with van der Waals surface area (Å²) in [6.45, 7) is 3.81. The van der Waals surface area contributed by atoms with Crippen molar-refractivity contribution in [2.75, 3.05) is 54.8 Å². The third-order valence-corrected chi connectivity index (χ3v) is 16.8. The van der Waals surface area contributed by atoms with E-state index in [1.165, 1.54) is 41.7 Å². The van der Waals surface area contributed by atoms with Gasteiger partial charge in [-0.2, -0.15) is 5.10 Å². The molecule has 5 aromatic heterocycles. The molecule has 7 aromatic rings. The van der Waals surface area contributed by atoms with Crippen LogP contribution >= 0.6 is 46.7 Å². The molecule has 2 aliphatic carbocycles. The summed E-state index contributed by atoms with van der Waals surface area (Å²) in [5, 5.41) is 6.51. The van der Waals surface area contributed by atoms with Crippen molar-refractivity contribution in [2.24, 2.45) is 35.1 Å². The molecule has 0 unspecified atom stereocenters. The highest BCUT2D eigenvalue weighted by atomic mass is 35.5. The van der Waals surface area contributed by atoms with Crippen LogP contribution in [0.3, 0.4) is 0 Å². The molecular weight excluding hydrogens is 939 g/mol. The van der Waals surface area contributed by atoms with E-state index in [0.717, 1.165) is 70.6 Å². The number of benzene rings is 2. The van der Waals surface area contributed by atoms with E-state index in [0.29, 0.717) is 57.2 Å². The molecule has 11 rings (SSSR count). The fraction of sp³-hybridized carbons (Fsp3) is 0.298. The van der Waals surface area contributed by atoms with Gasteiger partial charge in [0.05, 0.1) is 34.8 Å². The van der Waals surface area contributed by atoms with Crippen molar-refractivity contribution in [1.29, 1.82) is 0 Å². The second-order valence-corrected chi connectivity index (χ2v) is 19.9. The molecule has 0 radical (unpaired) electrons. The van der Waals surface area contributed by atoms with Crippen LogP contribution in [-0.4, -0.2) is 79.0 Å². The summed E-state index contributed by atoms with van der Waals surface area (Å²) in [5.41, 5.74) is 18.4. The van der Waals surface area contributed by atoms with E-state index in [9.17, 15) is 13.2 Å². The Morgan fingerprint density at radius 2 is 1.21 bits per heavy atom. The molecule has 20 heteroatoms. The van der Waals surface area contributed by atoms with Gasteiger partial charge in [0, 0.05) is 84.7 Å². The number of nitrogens with two attached hydrogens (primary N) is 3. The minimum absolute atomic E-state index is 0.139. The van der Waals surface area contributed by atoms with Crippen LogP contribution < -0.4 is 27.0 Å². The number of nitrogen functional groups attached to an aromatic ring is 1. The molecule has 0 amide bonds. The standard InChI is InChI=1S/C25H22ClF2N7S.C22H22ClFN6S/c26-23-20(4-7-30-24(23)35-8-1-6-33-35)36-22-12-31-21(11-32-22)34-9-5-16-18(13-34)25(16,14-29)17-10-15(27)2-3-19(17)28;23-20-17(5-7-27-21(20)26)31-19-10-28-18(9-29-19)30-8-6-13-15(11-30)22(13,12-25)14-3-1-2-4-16(14)24/h1-4,6-8,10-12,16,18H,5,9,13-14,29H2;1-5,7,9-10,13,15H,6,8,11-12,25H2,(H2,26,27)/t16-,18+,25-;13-,15+,22-/m11/s1. The molecule has 2 aromatic carbocycles. The zero-order chi connectivity index (χ0) is 46.5. The Hall–Kier alpha value is -5.50. The second-order valence-electron chi connectivity index (χ2n) is 17.0. The van der Waals surface area contributed by atoms with Gasteiger partial charge in [0.15, 0.2) is 5.82 Å². The first-order chi connectivity index (χ1) is 32.5. The number of pyridine rings is 2. The van der Waals surface area contributed by atoms with Gasteiger partial charge in [-0.1, -0.05) is 64.9 Å². The van der Waals surface area contributed by atoms with Crippen LogP contribution in [0.15, 0.2) is 130 Å². The average Bonchev–Trinajstić information content (AvgIpc) is 4.10. The van der Waals surface area contributed by atoms with Crippen LogP contribution in [0.2, 0.25) is 10.0 Å². The van der Waals surface area contributed by atoms with Crippen molar-refractivity contribution in [3.05, 3.63) is 149 Å². The third-order valence-electron chi connectivity index (χ3n) is 13.9. The Labute approximate surface area is 403 Å². The van der Waals surface area contributed by atoms with Gasteiger partial charge in [-0.3, -0.25) is 0 Å². The first-order valence-corrected chi connectivity index (χ1v) is 24.1. The molecule has 67 heavy (non-hydrogen) atoms. The van der Waals surface area contributed by atoms with E-state index in [2.05, 4.69) is 44.8 Å². The van der Waals surface area contributed by atoms with E-state index >= 15 is 0 Å². The highest BCUT2D eigenvalue weighted by Gasteiger charge is 2.67. The monoisotopic (exact) mass is 981 g/mol. The third kappa shape index (κ3) is 8.35. The number of hydrogen-bond donors (Lipinski definition) is 3. The first-order valence-electron chi connectivity index (χ1n) is 21.7. The summed E-state index contributed by atoms with van der Waals surface area (Å²) in [5.74, 6) is 2.50. The van der Waals surface area contributed by atoms with E-state index in [-0.39, 0.29) is 29.6 Å². The number of anilines is 3. The lowest BCUT2D eigenvalue weighted by molar-refractivity contribution is 0.523. The van der Waals surface area contributed by atoms with Gasteiger partial charge in [0.1, 0.15) is 45.0 Å². The van der Waals surface area contributed by atoms with Crippen LogP contribution in [0.25, 0.3) is 5.82 Å². The zero-order valence-corrected chi connectivity index (χ0v) is 38.9. The summed E-state index contributed by atoms with van der Waals surface area (Å²) in [6.07, 6.45) is 15.5. The van der Waals surface area contributed by atoms with Crippen LogP contribution in [0.1, 0.15) is 24.0 Å². The van der Waals surface area contributed by atoms with Crippen molar-refractivity contribution in [3.8, 4) is 5.82 Å². The maximum Gasteiger partial charge on any atom is 0.173 e. The molecule has 4 fully saturated rings. The first kappa shape index (κ1) is 45.3. The number of fused-ring (bicyclic) bond motifs is 2. The summed E-state index contributed by atoms with van der Waals surface area (Å²) in [6, 6.07) is 16.1. The van der Waals surface area contributed by atoms with Crippen LogP contribution in [0.5, 0.6) is 0 Å². The molecule has 0 bridgehead atoms. The molecule has 4 aliphatic rings. The van der Waals surface area contributed by atoms with Gasteiger partial charge in [-0.25, -0.2) is 47.8 Å². The Kier molecular flexibility index (Phi) is 12.5. The van der Waals surface area contributed by atoms with Crippen molar-refractivity contribution in [2.45, 2.75) is 43.5 Å². The lowest BCUT2D eigenvalue weighted by Gasteiger charge is -2.27. The van der Waals surface area contributed by atoms with Crippen molar-refractivity contribution < 1.29 is 13.2 Å². The van der Waals surface area contributed by atoms with Crippen molar-refractivity contribution >= 4 is 64.2 Å². The number of hydrogen-bond acceptors (Lipinski definition) is 14. The molecule has 7 heterocycles. The minimum Gasteiger partial charge on any atom is -0.382 e. The molecule has 0 spiro atoms. The quantitative estimate of drug-likeness (QED) is 0.113. The summed E-state index contributed by atoms with van der Waals surface area (Å²) >= 11 is 15.6. The van der Waals surface area contributed by atoms with Gasteiger partial charge in [-0.05, 0) is 90.1 Å². The molecule has 344 valence electrons. The lowest BCUT2D eigenvalue weighted by Crippen LogP contribution is -2.32. The van der Waals surface area contributed by atoms with Crippen molar-refractivity contribution in [1.82, 2.24) is 39.7 Å². The second kappa shape index (κ2) is 18.5. The largest absolute Gasteiger partial charge is 0.382 e. The summed E-state index contributed by atoms with van der Waals surface area (Å²) in [7, 11) is 0. The van der Waals surface area contributed by atoms with Gasteiger partial charge < -0.3 is 27.0 Å². The SMILES string of the molecule is NC[C@]1(c2cc(F)ccc2F)[C@@H]2CCN(c3cnc(Sc4ccnc(-n5cccn5)c4Cl)cn3)C[C@@H]21.NC[C@]1(c2ccccc2F)[C@@H]2CCN(c3cnc(Sc4ccnc(N)c4Cl)cn3)C[C@@H]21. The number of nitrogens with zero attached hydrogens (tertiary/aromatic N) is 10. The number of aromatic nitrogens is 8. The Bertz CT molecular complexity index is 2900.